The van der Waals surface area contributed by atoms with Crippen LogP contribution >= 0.6 is 11.3 Å². The minimum absolute atomic E-state index is 0.596. The zero-order valence-electron chi connectivity index (χ0n) is 13.0. The molecule has 0 radical (unpaired) electrons. The van der Waals surface area contributed by atoms with Gasteiger partial charge in [-0.25, -0.2) is 4.98 Å². The average Bonchev–Trinajstić information content (AvgIpc) is 3.24. The van der Waals surface area contributed by atoms with Crippen molar-refractivity contribution in [2.45, 2.75) is 38.0 Å². The quantitative estimate of drug-likeness (QED) is 0.863. The van der Waals surface area contributed by atoms with Crippen LogP contribution in [-0.4, -0.2) is 56.8 Å². The predicted molar refractivity (Wildman–Crippen MR) is 87.7 cm³/mol. The summed E-state index contributed by atoms with van der Waals surface area (Å²) in [5.41, 5.74) is 0. The first kappa shape index (κ1) is 14.4. The molecule has 2 fully saturated rings. The van der Waals surface area contributed by atoms with Gasteiger partial charge in [0.15, 0.2) is 0 Å². The summed E-state index contributed by atoms with van der Waals surface area (Å²) in [7, 11) is 2.29. The van der Waals surface area contributed by atoms with Crippen LogP contribution in [0.1, 0.15) is 17.7 Å². The molecule has 2 aromatic heterocycles. The monoisotopic (exact) mass is 317 g/mol. The molecule has 6 heteroatoms. The van der Waals surface area contributed by atoms with Crippen molar-refractivity contribution < 1.29 is 0 Å². The Balaban J connectivity index is 1.38. The average molecular weight is 317 g/mol. The van der Waals surface area contributed by atoms with Gasteiger partial charge in [0.1, 0.15) is 12.7 Å². The van der Waals surface area contributed by atoms with Crippen LogP contribution in [0.15, 0.2) is 30.2 Å². The largest absolute Gasteiger partial charge is 0.298 e. The van der Waals surface area contributed by atoms with E-state index >= 15 is 0 Å². The summed E-state index contributed by atoms with van der Waals surface area (Å²) in [6.45, 7) is 4.55. The maximum absolute atomic E-state index is 4.27. The summed E-state index contributed by atoms with van der Waals surface area (Å²) < 4.78 is 1.97. The smallest absolute Gasteiger partial charge is 0.137 e. The molecule has 2 saturated heterocycles. The van der Waals surface area contributed by atoms with Crippen molar-refractivity contribution in [1.29, 1.82) is 0 Å². The molecule has 0 aliphatic carbocycles. The maximum atomic E-state index is 4.27. The van der Waals surface area contributed by atoms with Gasteiger partial charge in [-0.3, -0.25) is 14.5 Å². The molecule has 0 unspecified atom stereocenters. The topological polar surface area (TPSA) is 37.2 Å². The SMILES string of the molecule is CN1[C@@H](Cn2cncn2)C[C@H]2CN(Cc3cccs3)CC[C@H]21. The second-order valence-corrected chi connectivity index (χ2v) is 7.64. The fraction of sp³-hybridized carbons (Fsp3) is 0.625. The highest BCUT2D eigenvalue weighted by atomic mass is 32.1. The van der Waals surface area contributed by atoms with Gasteiger partial charge in [0.2, 0.25) is 0 Å². The van der Waals surface area contributed by atoms with E-state index in [-0.39, 0.29) is 0 Å². The number of aromatic nitrogens is 3. The molecule has 0 amide bonds. The van der Waals surface area contributed by atoms with E-state index < -0.39 is 0 Å². The Morgan fingerprint density at radius 1 is 1.41 bits per heavy atom. The van der Waals surface area contributed by atoms with Crippen LogP contribution in [0.3, 0.4) is 0 Å². The Labute approximate surface area is 135 Å². The van der Waals surface area contributed by atoms with Crippen LogP contribution in [0, 0.1) is 5.92 Å². The number of fused-ring (bicyclic) bond motifs is 1. The lowest BCUT2D eigenvalue weighted by atomic mass is 9.92. The lowest BCUT2D eigenvalue weighted by molar-refractivity contribution is 0.110. The normalized spacial score (nSPS) is 29.8. The summed E-state index contributed by atoms with van der Waals surface area (Å²) in [5.74, 6) is 0.798. The first-order chi connectivity index (χ1) is 10.8. The van der Waals surface area contributed by atoms with Gasteiger partial charge in [-0.05, 0) is 37.3 Å². The molecular formula is C16H23N5S. The Bertz CT molecular complexity index is 580. The van der Waals surface area contributed by atoms with Gasteiger partial charge in [0.25, 0.3) is 0 Å². The van der Waals surface area contributed by atoms with Crippen molar-refractivity contribution in [1.82, 2.24) is 24.6 Å². The van der Waals surface area contributed by atoms with E-state index in [0.29, 0.717) is 6.04 Å². The number of hydrogen-bond acceptors (Lipinski definition) is 5. The van der Waals surface area contributed by atoms with Crippen molar-refractivity contribution in [3.8, 4) is 0 Å². The minimum Gasteiger partial charge on any atom is -0.298 e. The molecule has 0 bridgehead atoms. The standard InChI is InChI=1S/C16H23N5S/c1-19-14(9-21-12-17-11-18-21)7-13-8-20(5-4-16(13)19)10-15-3-2-6-22-15/h2-3,6,11-14,16H,4-5,7-10H2,1H3/t13-,14+,16+/m0/s1. The van der Waals surface area contributed by atoms with Crippen LogP contribution in [0.2, 0.25) is 0 Å². The fourth-order valence-corrected chi connectivity index (χ4v) is 4.91. The highest BCUT2D eigenvalue weighted by Gasteiger charge is 2.41. The van der Waals surface area contributed by atoms with E-state index in [0.717, 1.165) is 25.0 Å². The van der Waals surface area contributed by atoms with Gasteiger partial charge in [0.05, 0.1) is 6.54 Å². The second-order valence-electron chi connectivity index (χ2n) is 6.60. The predicted octanol–water partition coefficient (Wildman–Crippen LogP) is 1.93. The molecule has 22 heavy (non-hydrogen) atoms. The Morgan fingerprint density at radius 2 is 2.36 bits per heavy atom. The Morgan fingerprint density at radius 3 is 3.14 bits per heavy atom. The van der Waals surface area contributed by atoms with Gasteiger partial charge in [-0.2, -0.15) is 5.10 Å². The van der Waals surface area contributed by atoms with E-state index in [4.69, 9.17) is 0 Å². The fourth-order valence-electron chi connectivity index (χ4n) is 4.16. The zero-order valence-corrected chi connectivity index (χ0v) is 13.8. The van der Waals surface area contributed by atoms with Gasteiger partial charge in [-0.15, -0.1) is 11.3 Å². The van der Waals surface area contributed by atoms with E-state index in [1.807, 2.05) is 22.3 Å². The summed E-state index contributed by atoms with van der Waals surface area (Å²) in [5, 5.41) is 6.45. The lowest BCUT2D eigenvalue weighted by Gasteiger charge is -2.37. The number of likely N-dealkylation sites (N-methyl/N-ethyl adjacent to an activating group) is 1. The third kappa shape index (κ3) is 2.83. The first-order valence-corrected chi connectivity index (χ1v) is 8.96. The van der Waals surface area contributed by atoms with Crippen LogP contribution in [0.5, 0.6) is 0 Å². The first-order valence-electron chi connectivity index (χ1n) is 8.08. The zero-order chi connectivity index (χ0) is 14.9. The molecule has 5 nitrogen and oxygen atoms in total. The summed E-state index contributed by atoms with van der Waals surface area (Å²) in [4.78, 5) is 10.8. The van der Waals surface area contributed by atoms with E-state index in [1.165, 1.54) is 30.8 Å². The molecule has 0 spiro atoms. The molecule has 4 rings (SSSR count). The van der Waals surface area contributed by atoms with Crippen molar-refractivity contribution in [2.24, 2.45) is 5.92 Å². The van der Waals surface area contributed by atoms with Gasteiger partial charge in [0, 0.05) is 36.6 Å². The van der Waals surface area contributed by atoms with Crippen molar-refractivity contribution >= 4 is 11.3 Å². The highest BCUT2D eigenvalue weighted by Crippen LogP contribution is 2.35. The molecule has 4 heterocycles. The number of hydrogen-bond donors (Lipinski definition) is 0. The molecular weight excluding hydrogens is 294 g/mol. The van der Waals surface area contributed by atoms with Gasteiger partial charge < -0.3 is 0 Å². The Hall–Kier alpha value is -1.24. The van der Waals surface area contributed by atoms with Crippen molar-refractivity contribution in [3.05, 3.63) is 35.0 Å². The number of nitrogens with zero attached hydrogens (tertiary/aromatic N) is 5. The van der Waals surface area contributed by atoms with Crippen molar-refractivity contribution in [3.63, 3.8) is 0 Å². The molecule has 0 aromatic carbocycles. The molecule has 118 valence electrons. The molecule has 2 aliphatic rings. The minimum atomic E-state index is 0.596. The van der Waals surface area contributed by atoms with E-state index in [9.17, 15) is 0 Å². The Kier molecular flexibility index (Phi) is 3.98. The summed E-state index contributed by atoms with van der Waals surface area (Å²) in [6.07, 6.45) is 6.03. The van der Waals surface area contributed by atoms with Crippen LogP contribution in [0.25, 0.3) is 0 Å². The second kappa shape index (κ2) is 6.10. The third-order valence-corrected chi connectivity index (χ3v) is 6.14. The maximum Gasteiger partial charge on any atom is 0.137 e. The molecule has 2 aliphatic heterocycles. The highest BCUT2D eigenvalue weighted by molar-refractivity contribution is 7.09. The summed E-state index contributed by atoms with van der Waals surface area (Å²) >= 11 is 1.88. The van der Waals surface area contributed by atoms with Crippen molar-refractivity contribution in [2.75, 3.05) is 20.1 Å². The number of piperidine rings is 1. The van der Waals surface area contributed by atoms with Crippen LogP contribution in [-0.2, 0) is 13.1 Å². The molecule has 3 atom stereocenters. The molecule has 2 aromatic rings. The number of thiophene rings is 1. The van der Waals surface area contributed by atoms with Crippen LogP contribution in [0.4, 0.5) is 0 Å². The molecule has 0 saturated carbocycles. The lowest BCUT2D eigenvalue weighted by Crippen LogP contribution is -2.45. The van der Waals surface area contributed by atoms with Crippen LogP contribution < -0.4 is 0 Å². The third-order valence-electron chi connectivity index (χ3n) is 5.28. The van der Waals surface area contributed by atoms with Gasteiger partial charge in [-0.1, -0.05) is 6.07 Å². The van der Waals surface area contributed by atoms with Gasteiger partial charge >= 0.3 is 0 Å². The molecule has 0 N–H and O–H groups in total. The van der Waals surface area contributed by atoms with E-state index in [1.54, 1.807) is 6.33 Å². The summed E-state index contributed by atoms with van der Waals surface area (Å²) in [6, 6.07) is 5.75. The number of rotatable bonds is 4. The van der Waals surface area contributed by atoms with E-state index in [2.05, 4.69) is 44.4 Å². The number of likely N-dealkylation sites (tertiary alicyclic amines) is 2.